The minimum atomic E-state index is 0. The van der Waals surface area contributed by atoms with Crippen molar-refractivity contribution >= 4 is 41.5 Å². The molecular formula is C24H33IN4O2. The first-order chi connectivity index (χ1) is 14.5. The minimum absolute atomic E-state index is 0. The van der Waals surface area contributed by atoms with Gasteiger partial charge in [0.1, 0.15) is 5.75 Å². The molecule has 0 bridgehead atoms. The van der Waals surface area contributed by atoms with Crippen LogP contribution in [0.4, 0.5) is 5.69 Å². The van der Waals surface area contributed by atoms with Gasteiger partial charge in [-0.2, -0.15) is 0 Å². The lowest BCUT2D eigenvalue weighted by molar-refractivity contribution is -0.116. The van der Waals surface area contributed by atoms with Gasteiger partial charge in [0.2, 0.25) is 5.91 Å². The van der Waals surface area contributed by atoms with Crippen molar-refractivity contribution in [3.05, 3.63) is 59.2 Å². The number of rotatable bonds is 8. The van der Waals surface area contributed by atoms with Crippen LogP contribution in [0.25, 0.3) is 0 Å². The lowest BCUT2D eigenvalue weighted by atomic mass is 10.1. The number of hydrogen-bond donors (Lipinski definition) is 3. The third kappa shape index (κ3) is 8.05. The van der Waals surface area contributed by atoms with Gasteiger partial charge in [-0.15, -0.1) is 24.0 Å². The molecule has 168 valence electrons. The topological polar surface area (TPSA) is 74.8 Å². The Morgan fingerprint density at radius 2 is 1.97 bits per heavy atom. The van der Waals surface area contributed by atoms with Gasteiger partial charge in [-0.25, -0.2) is 0 Å². The number of hydrogen-bond acceptors (Lipinski definition) is 3. The Bertz CT molecular complexity index is 899. The molecule has 6 nitrogen and oxygen atoms in total. The highest BCUT2D eigenvalue weighted by molar-refractivity contribution is 14.0. The Hall–Kier alpha value is -2.29. The molecule has 0 spiro atoms. The molecule has 3 N–H and O–H groups in total. The average Bonchev–Trinajstić information content (AvgIpc) is 3.18. The van der Waals surface area contributed by atoms with E-state index in [1.54, 1.807) is 7.05 Å². The van der Waals surface area contributed by atoms with E-state index < -0.39 is 0 Å². The fraction of sp³-hybridized carbons (Fsp3) is 0.417. The zero-order valence-corrected chi connectivity index (χ0v) is 20.9. The first kappa shape index (κ1) is 25.0. The third-order valence-electron chi connectivity index (χ3n) is 4.95. The molecule has 1 heterocycles. The maximum Gasteiger partial charge on any atom is 0.224 e. The van der Waals surface area contributed by atoms with Crippen LogP contribution in [0.5, 0.6) is 5.75 Å². The Morgan fingerprint density at radius 3 is 2.74 bits per heavy atom. The zero-order valence-electron chi connectivity index (χ0n) is 18.5. The third-order valence-corrected chi connectivity index (χ3v) is 4.95. The number of amides is 1. The van der Waals surface area contributed by atoms with E-state index in [-0.39, 0.29) is 29.9 Å². The molecule has 0 saturated carbocycles. The second kappa shape index (κ2) is 12.5. The van der Waals surface area contributed by atoms with Crippen molar-refractivity contribution < 1.29 is 9.53 Å². The summed E-state index contributed by atoms with van der Waals surface area (Å²) in [5, 5.41) is 9.66. The number of guanidine groups is 1. The van der Waals surface area contributed by atoms with E-state index >= 15 is 0 Å². The van der Waals surface area contributed by atoms with Crippen LogP contribution < -0.4 is 20.7 Å². The van der Waals surface area contributed by atoms with Crippen LogP contribution in [0.15, 0.2) is 47.5 Å². The molecule has 0 aromatic heterocycles. The Labute approximate surface area is 202 Å². The molecule has 0 aliphatic carbocycles. The number of nitrogens with zero attached hydrogens (tertiary/aromatic N) is 1. The van der Waals surface area contributed by atoms with Gasteiger partial charge in [-0.3, -0.25) is 9.79 Å². The molecular weight excluding hydrogens is 503 g/mol. The predicted molar refractivity (Wildman–Crippen MR) is 137 cm³/mol. The van der Waals surface area contributed by atoms with Crippen LogP contribution in [0.2, 0.25) is 0 Å². The van der Waals surface area contributed by atoms with E-state index in [0.717, 1.165) is 49.0 Å². The molecule has 0 saturated heterocycles. The number of anilines is 1. The molecule has 1 aliphatic rings. The van der Waals surface area contributed by atoms with E-state index in [0.29, 0.717) is 18.9 Å². The average molecular weight is 536 g/mol. The highest BCUT2D eigenvalue weighted by Crippen LogP contribution is 2.25. The molecule has 0 fully saturated rings. The minimum Gasteiger partial charge on any atom is -0.493 e. The molecule has 0 unspecified atom stereocenters. The van der Waals surface area contributed by atoms with Crippen molar-refractivity contribution in [2.45, 2.75) is 39.7 Å². The molecule has 1 aliphatic heterocycles. The first-order valence-corrected chi connectivity index (χ1v) is 10.6. The number of nitrogens with one attached hydrogen (secondary N) is 3. The number of carbonyl (C=O) groups excluding carboxylic acids is 1. The predicted octanol–water partition coefficient (Wildman–Crippen LogP) is 4.13. The fourth-order valence-corrected chi connectivity index (χ4v) is 3.47. The lowest BCUT2D eigenvalue weighted by Crippen LogP contribution is -2.37. The molecule has 31 heavy (non-hydrogen) atoms. The highest BCUT2D eigenvalue weighted by atomic mass is 127. The molecule has 0 radical (unpaired) electrons. The highest BCUT2D eigenvalue weighted by Gasteiger charge is 2.12. The van der Waals surface area contributed by atoms with Gasteiger partial charge >= 0.3 is 0 Å². The van der Waals surface area contributed by atoms with Crippen LogP contribution in [0, 0.1) is 5.92 Å². The summed E-state index contributed by atoms with van der Waals surface area (Å²) in [6.07, 6.45) is 2.44. The number of ether oxygens (including phenoxy) is 1. The molecule has 1 amide bonds. The van der Waals surface area contributed by atoms with E-state index in [9.17, 15) is 4.79 Å². The van der Waals surface area contributed by atoms with Gasteiger partial charge in [0, 0.05) is 38.7 Å². The van der Waals surface area contributed by atoms with Gasteiger partial charge in [-0.05, 0) is 47.2 Å². The smallest absolute Gasteiger partial charge is 0.224 e. The summed E-state index contributed by atoms with van der Waals surface area (Å²) in [7, 11) is 1.77. The molecule has 7 heteroatoms. The Balaban J connectivity index is 0.00000341. The van der Waals surface area contributed by atoms with E-state index in [4.69, 9.17) is 4.74 Å². The van der Waals surface area contributed by atoms with Crippen molar-refractivity contribution in [1.82, 2.24) is 10.6 Å². The summed E-state index contributed by atoms with van der Waals surface area (Å²) < 4.78 is 5.57. The second-order valence-electron chi connectivity index (χ2n) is 7.99. The van der Waals surface area contributed by atoms with Crippen LogP contribution in [-0.2, 0) is 24.2 Å². The lowest BCUT2D eigenvalue weighted by Gasteiger charge is -2.13. The Kier molecular flexibility index (Phi) is 10.1. The fourth-order valence-electron chi connectivity index (χ4n) is 3.47. The summed E-state index contributed by atoms with van der Waals surface area (Å²) >= 11 is 0. The summed E-state index contributed by atoms with van der Waals surface area (Å²) in [4.78, 5) is 16.3. The number of aliphatic imine (C=N–C) groups is 1. The van der Waals surface area contributed by atoms with E-state index in [1.807, 2.05) is 38.1 Å². The molecule has 0 atom stereocenters. The van der Waals surface area contributed by atoms with Gasteiger partial charge in [0.15, 0.2) is 5.96 Å². The normalized spacial score (nSPS) is 12.6. The van der Waals surface area contributed by atoms with Crippen LogP contribution >= 0.6 is 24.0 Å². The van der Waals surface area contributed by atoms with Crippen molar-refractivity contribution in [3.63, 3.8) is 0 Å². The van der Waals surface area contributed by atoms with Crippen molar-refractivity contribution in [3.8, 4) is 5.75 Å². The van der Waals surface area contributed by atoms with Gasteiger partial charge in [-0.1, -0.05) is 38.1 Å². The molecule has 2 aromatic carbocycles. The van der Waals surface area contributed by atoms with Gasteiger partial charge in [0.05, 0.1) is 6.61 Å². The summed E-state index contributed by atoms with van der Waals surface area (Å²) in [5.74, 6) is 2.17. The first-order valence-electron chi connectivity index (χ1n) is 10.6. The number of carbonyl (C=O) groups is 1. The largest absolute Gasteiger partial charge is 0.493 e. The van der Waals surface area contributed by atoms with Crippen molar-refractivity contribution in [1.29, 1.82) is 0 Å². The van der Waals surface area contributed by atoms with Crippen molar-refractivity contribution in [2.24, 2.45) is 10.9 Å². The quantitative estimate of drug-likeness (QED) is 0.270. The van der Waals surface area contributed by atoms with Crippen molar-refractivity contribution in [2.75, 3.05) is 25.5 Å². The van der Waals surface area contributed by atoms with Gasteiger partial charge < -0.3 is 20.7 Å². The maximum atomic E-state index is 12.0. The second-order valence-corrected chi connectivity index (χ2v) is 7.99. The Morgan fingerprint density at radius 1 is 1.13 bits per heavy atom. The molecule has 3 rings (SSSR count). The summed E-state index contributed by atoms with van der Waals surface area (Å²) in [6, 6.07) is 14.3. The number of benzene rings is 2. The maximum absolute atomic E-state index is 12.0. The number of fused-ring (bicyclic) bond motifs is 1. The summed E-state index contributed by atoms with van der Waals surface area (Å²) in [5.41, 5.74) is 4.50. The molecule has 2 aromatic rings. The summed E-state index contributed by atoms with van der Waals surface area (Å²) in [6.45, 7) is 6.29. The monoisotopic (exact) mass is 536 g/mol. The van der Waals surface area contributed by atoms with Crippen LogP contribution in [-0.4, -0.2) is 32.1 Å². The van der Waals surface area contributed by atoms with E-state index in [1.165, 1.54) is 11.1 Å². The van der Waals surface area contributed by atoms with Gasteiger partial charge in [0.25, 0.3) is 0 Å². The SMILES string of the molecule is CN=C(NCCc1ccc2c(c1)CCO2)NCc1cccc(NC(=O)CC(C)C)c1.I. The standard InChI is InChI=1S/C24H32N4O2.HI/c1-17(2)13-23(29)28-21-6-4-5-19(15-21)16-27-24(25-3)26-11-9-18-7-8-22-20(14-18)10-12-30-22;/h4-8,14-15,17H,9-13,16H2,1-3H3,(H,28,29)(H2,25,26,27);1H. The number of halogens is 1. The van der Waals surface area contributed by atoms with E-state index in [2.05, 4.69) is 39.1 Å². The van der Waals surface area contributed by atoms with Crippen LogP contribution in [0.3, 0.4) is 0 Å². The zero-order chi connectivity index (χ0) is 21.3. The van der Waals surface area contributed by atoms with Crippen LogP contribution in [0.1, 0.15) is 37.0 Å².